The summed E-state index contributed by atoms with van der Waals surface area (Å²) in [6.45, 7) is 8.50. The number of hydrogen-bond donors (Lipinski definition) is 1. The lowest BCUT2D eigenvalue weighted by atomic mass is 10.1. The standard InChI is InChI=1S/C13H22ClN3/c1-5-6-7-10(4)15-12-8-11(14)16-13(17-12)9(2)3/h8-10H,5-7H2,1-4H3,(H,15,16,17). The van der Waals surface area contributed by atoms with Gasteiger partial charge in [-0.05, 0) is 13.3 Å². The molecule has 0 spiro atoms. The molecule has 96 valence electrons. The van der Waals surface area contributed by atoms with Gasteiger partial charge >= 0.3 is 0 Å². The molecule has 0 aliphatic carbocycles. The molecule has 3 nitrogen and oxygen atoms in total. The van der Waals surface area contributed by atoms with Crippen LogP contribution >= 0.6 is 11.6 Å². The molecular formula is C13H22ClN3. The van der Waals surface area contributed by atoms with E-state index in [2.05, 4.69) is 43.0 Å². The van der Waals surface area contributed by atoms with Crippen LogP contribution in [0, 0.1) is 0 Å². The molecule has 0 bridgehead atoms. The lowest BCUT2D eigenvalue weighted by Gasteiger charge is -2.15. The highest BCUT2D eigenvalue weighted by molar-refractivity contribution is 6.29. The van der Waals surface area contributed by atoms with Gasteiger partial charge in [0.25, 0.3) is 0 Å². The zero-order chi connectivity index (χ0) is 12.8. The van der Waals surface area contributed by atoms with Crippen molar-refractivity contribution in [2.75, 3.05) is 5.32 Å². The number of aromatic nitrogens is 2. The largest absolute Gasteiger partial charge is 0.367 e. The molecule has 1 aromatic heterocycles. The molecule has 1 heterocycles. The maximum atomic E-state index is 5.99. The van der Waals surface area contributed by atoms with Crippen molar-refractivity contribution in [3.05, 3.63) is 17.0 Å². The number of hydrogen-bond acceptors (Lipinski definition) is 3. The number of unbranched alkanes of at least 4 members (excludes halogenated alkanes) is 1. The van der Waals surface area contributed by atoms with Crippen molar-refractivity contribution < 1.29 is 0 Å². The first-order valence-corrected chi connectivity index (χ1v) is 6.71. The Hall–Kier alpha value is -0.830. The zero-order valence-corrected chi connectivity index (χ0v) is 11.9. The van der Waals surface area contributed by atoms with Gasteiger partial charge in [0.15, 0.2) is 0 Å². The summed E-state index contributed by atoms with van der Waals surface area (Å²) in [6, 6.07) is 2.21. The van der Waals surface area contributed by atoms with Gasteiger partial charge in [-0.3, -0.25) is 0 Å². The molecule has 0 aliphatic rings. The summed E-state index contributed by atoms with van der Waals surface area (Å²) in [7, 11) is 0. The first-order valence-electron chi connectivity index (χ1n) is 6.34. The molecule has 0 aromatic carbocycles. The first kappa shape index (κ1) is 14.2. The van der Waals surface area contributed by atoms with Crippen LogP contribution in [0.4, 0.5) is 5.82 Å². The summed E-state index contributed by atoms with van der Waals surface area (Å²) in [5.74, 6) is 1.92. The van der Waals surface area contributed by atoms with Gasteiger partial charge in [0.1, 0.15) is 16.8 Å². The van der Waals surface area contributed by atoms with Crippen molar-refractivity contribution in [2.45, 2.75) is 58.9 Å². The third kappa shape index (κ3) is 4.90. The van der Waals surface area contributed by atoms with E-state index in [4.69, 9.17) is 11.6 Å². The molecule has 1 rings (SSSR count). The minimum Gasteiger partial charge on any atom is -0.367 e. The second-order valence-corrected chi connectivity index (χ2v) is 5.16. The highest BCUT2D eigenvalue weighted by Crippen LogP contribution is 2.18. The van der Waals surface area contributed by atoms with Crippen molar-refractivity contribution in [3.8, 4) is 0 Å². The maximum absolute atomic E-state index is 5.99. The highest BCUT2D eigenvalue weighted by Gasteiger charge is 2.08. The minimum absolute atomic E-state index is 0.292. The Bertz CT molecular complexity index is 353. The third-order valence-corrected chi connectivity index (χ3v) is 2.81. The maximum Gasteiger partial charge on any atom is 0.135 e. The van der Waals surface area contributed by atoms with Crippen LogP contribution in [-0.4, -0.2) is 16.0 Å². The predicted molar refractivity (Wildman–Crippen MR) is 73.7 cm³/mol. The first-order chi connectivity index (χ1) is 8.02. The van der Waals surface area contributed by atoms with Crippen LogP contribution in [0.1, 0.15) is 58.7 Å². The minimum atomic E-state index is 0.292. The van der Waals surface area contributed by atoms with Gasteiger partial charge < -0.3 is 5.32 Å². The van der Waals surface area contributed by atoms with E-state index in [1.165, 1.54) is 12.8 Å². The van der Waals surface area contributed by atoms with Crippen LogP contribution < -0.4 is 5.32 Å². The van der Waals surface area contributed by atoms with Gasteiger partial charge in [-0.2, -0.15) is 0 Å². The Balaban J connectivity index is 2.70. The lowest BCUT2D eigenvalue weighted by molar-refractivity contribution is 0.641. The molecule has 0 amide bonds. The van der Waals surface area contributed by atoms with Gasteiger partial charge in [-0.1, -0.05) is 45.2 Å². The predicted octanol–water partition coefficient (Wildman–Crippen LogP) is 4.24. The van der Waals surface area contributed by atoms with E-state index in [1.807, 2.05) is 0 Å². The summed E-state index contributed by atoms with van der Waals surface area (Å²) in [4.78, 5) is 8.69. The molecule has 0 fully saturated rings. The third-order valence-electron chi connectivity index (χ3n) is 2.61. The summed E-state index contributed by atoms with van der Waals surface area (Å²) in [5.41, 5.74) is 0. The van der Waals surface area contributed by atoms with Crippen molar-refractivity contribution in [1.29, 1.82) is 0 Å². The van der Waals surface area contributed by atoms with Gasteiger partial charge in [-0.15, -0.1) is 0 Å². The Morgan fingerprint density at radius 3 is 2.59 bits per heavy atom. The second-order valence-electron chi connectivity index (χ2n) is 4.78. The molecule has 1 N–H and O–H groups in total. The smallest absolute Gasteiger partial charge is 0.135 e. The molecule has 0 radical (unpaired) electrons. The Labute approximate surface area is 109 Å². The summed E-state index contributed by atoms with van der Waals surface area (Å²) in [5, 5.41) is 3.89. The van der Waals surface area contributed by atoms with Gasteiger partial charge in [0.05, 0.1) is 0 Å². The van der Waals surface area contributed by atoms with Crippen LogP contribution in [0.3, 0.4) is 0 Å². The van der Waals surface area contributed by atoms with E-state index < -0.39 is 0 Å². The average molecular weight is 256 g/mol. The summed E-state index contributed by atoms with van der Waals surface area (Å²) < 4.78 is 0. The number of nitrogens with one attached hydrogen (secondary N) is 1. The second kappa shape index (κ2) is 6.80. The van der Waals surface area contributed by atoms with Crippen molar-refractivity contribution in [3.63, 3.8) is 0 Å². The molecular weight excluding hydrogens is 234 g/mol. The summed E-state index contributed by atoms with van der Waals surface area (Å²) >= 11 is 5.99. The average Bonchev–Trinajstić information content (AvgIpc) is 2.25. The lowest BCUT2D eigenvalue weighted by Crippen LogP contribution is -2.16. The molecule has 4 heteroatoms. The van der Waals surface area contributed by atoms with E-state index in [0.717, 1.165) is 18.1 Å². The van der Waals surface area contributed by atoms with E-state index in [1.54, 1.807) is 6.07 Å². The van der Waals surface area contributed by atoms with Gasteiger partial charge in [0, 0.05) is 18.0 Å². The Kier molecular flexibility index (Phi) is 5.69. The molecule has 1 aromatic rings. The quantitative estimate of drug-likeness (QED) is 0.773. The van der Waals surface area contributed by atoms with E-state index in [0.29, 0.717) is 17.1 Å². The fraction of sp³-hybridized carbons (Fsp3) is 0.692. The van der Waals surface area contributed by atoms with Crippen LogP contribution in [-0.2, 0) is 0 Å². The zero-order valence-electron chi connectivity index (χ0n) is 11.1. The molecule has 0 saturated carbocycles. The van der Waals surface area contributed by atoms with Crippen LogP contribution in [0.2, 0.25) is 5.15 Å². The molecule has 0 saturated heterocycles. The monoisotopic (exact) mass is 255 g/mol. The highest BCUT2D eigenvalue weighted by atomic mass is 35.5. The van der Waals surface area contributed by atoms with Crippen LogP contribution in [0.15, 0.2) is 6.07 Å². The number of anilines is 1. The van der Waals surface area contributed by atoms with Crippen molar-refractivity contribution in [1.82, 2.24) is 9.97 Å². The summed E-state index contributed by atoms with van der Waals surface area (Å²) in [6.07, 6.45) is 3.59. The van der Waals surface area contributed by atoms with Crippen molar-refractivity contribution in [2.24, 2.45) is 0 Å². The molecule has 17 heavy (non-hydrogen) atoms. The normalized spacial score (nSPS) is 12.8. The van der Waals surface area contributed by atoms with E-state index in [-0.39, 0.29) is 0 Å². The topological polar surface area (TPSA) is 37.8 Å². The van der Waals surface area contributed by atoms with E-state index >= 15 is 0 Å². The molecule has 0 aliphatic heterocycles. The fourth-order valence-corrected chi connectivity index (χ4v) is 1.79. The molecule has 1 atom stereocenters. The fourth-order valence-electron chi connectivity index (χ4n) is 1.60. The van der Waals surface area contributed by atoms with Gasteiger partial charge in [-0.25, -0.2) is 9.97 Å². The molecule has 1 unspecified atom stereocenters. The van der Waals surface area contributed by atoms with Crippen LogP contribution in [0.5, 0.6) is 0 Å². The number of rotatable bonds is 6. The van der Waals surface area contributed by atoms with Crippen LogP contribution in [0.25, 0.3) is 0 Å². The van der Waals surface area contributed by atoms with E-state index in [9.17, 15) is 0 Å². The Morgan fingerprint density at radius 2 is 2.00 bits per heavy atom. The van der Waals surface area contributed by atoms with Gasteiger partial charge in [0.2, 0.25) is 0 Å². The SMILES string of the molecule is CCCCC(C)Nc1cc(Cl)nc(C(C)C)n1. The number of halogens is 1. The van der Waals surface area contributed by atoms with Crippen molar-refractivity contribution >= 4 is 17.4 Å². The number of nitrogens with zero attached hydrogens (tertiary/aromatic N) is 2. The Morgan fingerprint density at radius 1 is 1.29 bits per heavy atom.